The highest BCUT2D eigenvalue weighted by atomic mass is 16.5. The van der Waals surface area contributed by atoms with Gasteiger partial charge in [-0.1, -0.05) is 29.8 Å². The molecule has 0 saturated carbocycles. The van der Waals surface area contributed by atoms with Crippen molar-refractivity contribution >= 4 is 18.0 Å². The predicted molar refractivity (Wildman–Crippen MR) is 76.3 cm³/mol. The lowest BCUT2D eigenvalue weighted by atomic mass is 10.1. The summed E-state index contributed by atoms with van der Waals surface area (Å²) in [5, 5.41) is 2.58. The van der Waals surface area contributed by atoms with E-state index in [-0.39, 0.29) is 19.5 Å². The maximum Gasteiger partial charge on any atom is 0.325 e. The van der Waals surface area contributed by atoms with Gasteiger partial charge < -0.3 is 15.8 Å². The maximum atomic E-state index is 11.9. The normalized spacial score (nSPS) is 9.81. The van der Waals surface area contributed by atoms with Crippen LogP contribution >= 0.6 is 0 Å². The molecule has 1 aromatic carbocycles. The fourth-order valence-electron chi connectivity index (χ4n) is 1.60. The summed E-state index contributed by atoms with van der Waals surface area (Å²) in [5.41, 5.74) is 7.14. The minimum absolute atomic E-state index is 0.0998. The van der Waals surface area contributed by atoms with Crippen molar-refractivity contribution in [2.75, 3.05) is 13.7 Å². The molecule has 0 aliphatic rings. The average Bonchev–Trinajstić information content (AvgIpc) is 2.46. The Kier molecular flexibility index (Phi) is 6.19. The molecular formula is C14H19N3O4. The van der Waals surface area contributed by atoms with Gasteiger partial charge >= 0.3 is 18.0 Å². The predicted octanol–water partition coefficient (Wildman–Crippen LogP) is 1.15. The smallest absolute Gasteiger partial charge is 0.325 e. The van der Waals surface area contributed by atoms with E-state index in [9.17, 15) is 14.4 Å². The number of nitrogens with zero attached hydrogens (tertiary/aromatic N) is 1. The van der Waals surface area contributed by atoms with Crippen LogP contribution in [0.25, 0.3) is 0 Å². The van der Waals surface area contributed by atoms with Crippen LogP contribution < -0.4 is 11.1 Å². The number of nitrogens with one attached hydrogen (secondary N) is 1. The third kappa shape index (κ3) is 5.52. The van der Waals surface area contributed by atoms with E-state index < -0.39 is 18.0 Å². The fraction of sp³-hybridized carbons (Fsp3) is 0.357. The van der Waals surface area contributed by atoms with Crippen molar-refractivity contribution in [3.05, 3.63) is 35.4 Å². The summed E-state index contributed by atoms with van der Waals surface area (Å²) >= 11 is 0. The maximum absolute atomic E-state index is 11.9. The zero-order chi connectivity index (χ0) is 15.8. The number of hydrogen-bond donors (Lipinski definition) is 2. The van der Waals surface area contributed by atoms with E-state index >= 15 is 0 Å². The molecule has 0 aromatic heterocycles. The molecule has 7 heteroatoms. The molecule has 0 fully saturated rings. The molecule has 3 N–H and O–H groups in total. The van der Waals surface area contributed by atoms with E-state index in [1.54, 1.807) is 0 Å². The van der Waals surface area contributed by atoms with Gasteiger partial charge in [-0.3, -0.25) is 4.79 Å². The van der Waals surface area contributed by atoms with E-state index in [1.165, 1.54) is 7.11 Å². The number of aryl methyl sites for hydroxylation is 1. The first kappa shape index (κ1) is 16.5. The highest BCUT2D eigenvalue weighted by molar-refractivity contribution is 5.93. The largest absolute Gasteiger partial charge is 0.469 e. The molecule has 7 nitrogen and oxygen atoms in total. The molecule has 0 saturated heterocycles. The molecule has 1 rings (SSSR count). The van der Waals surface area contributed by atoms with Gasteiger partial charge in [0, 0.05) is 13.1 Å². The summed E-state index contributed by atoms with van der Waals surface area (Å²) < 4.78 is 4.45. The second-order valence-corrected chi connectivity index (χ2v) is 4.46. The van der Waals surface area contributed by atoms with Gasteiger partial charge in [0.05, 0.1) is 13.5 Å². The van der Waals surface area contributed by atoms with Crippen LogP contribution in [0.5, 0.6) is 0 Å². The van der Waals surface area contributed by atoms with Gasteiger partial charge in [-0.05, 0) is 12.5 Å². The second-order valence-electron chi connectivity index (χ2n) is 4.46. The second kappa shape index (κ2) is 7.88. The first-order chi connectivity index (χ1) is 9.93. The van der Waals surface area contributed by atoms with Gasteiger partial charge in [-0.2, -0.15) is 0 Å². The number of primary amides is 1. The molecule has 0 atom stereocenters. The number of urea groups is 2. The first-order valence-corrected chi connectivity index (χ1v) is 6.41. The minimum Gasteiger partial charge on any atom is -0.469 e. The number of ether oxygens (including phenoxy) is 1. The average molecular weight is 293 g/mol. The van der Waals surface area contributed by atoms with Crippen molar-refractivity contribution in [3.8, 4) is 0 Å². The standard InChI is InChI=1S/C14H19N3O4/c1-10-3-5-11(6-4-10)9-16-14(20)17(13(15)19)8-7-12(18)21-2/h3-6H,7-9H2,1-2H3,(H2,15,19)(H,16,20). The van der Waals surface area contributed by atoms with Gasteiger partial charge in [0.15, 0.2) is 0 Å². The van der Waals surface area contributed by atoms with Gasteiger partial charge in [0.1, 0.15) is 0 Å². The fourth-order valence-corrected chi connectivity index (χ4v) is 1.60. The van der Waals surface area contributed by atoms with Gasteiger partial charge in [0.25, 0.3) is 0 Å². The van der Waals surface area contributed by atoms with Crippen LogP contribution in [0.1, 0.15) is 17.5 Å². The third-order valence-corrected chi connectivity index (χ3v) is 2.84. The van der Waals surface area contributed by atoms with Crippen molar-refractivity contribution in [2.45, 2.75) is 19.9 Å². The van der Waals surface area contributed by atoms with Gasteiger partial charge in [0.2, 0.25) is 0 Å². The molecule has 0 spiro atoms. The summed E-state index contributed by atoms with van der Waals surface area (Å²) in [5.74, 6) is -0.521. The summed E-state index contributed by atoms with van der Waals surface area (Å²) in [6.07, 6.45) is -0.0998. The highest BCUT2D eigenvalue weighted by Gasteiger charge is 2.19. The number of imide groups is 1. The quantitative estimate of drug-likeness (QED) is 0.795. The number of carbonyl (C=O) groups excluding carboxylic acids is 3. The molecule has 0 radical (unpaired) electrons. The number of rotatable bonds is 5. The monoisotopic (exact) mass is 293 g/mol. The van der Waals surface area contributed by atoms with Crippen LogP contribution in [-0.2, 0) is 16.1 Å². The number of carbonyl (C=O) groups is 3. The Morgan fingerprint density at radius 2 is 1.86 bits per heavy atom. The van der Waals surface area contributed by atoms with Gasteiger partial charge in [-0.15, -0.1) is 0 Å². The summed E-state index contributed by atoms with van der Waals surface area (Å²) in [4.78, 5) is 34.9. The van der Waals surface area contributed by atoms with Crippen LogP contribution in [0.4, 0.5) is 9.59 Å². The van der Waals surface area contributed by atoms with Crippen LogP contribution in [0.3, 0.4) is 0 Å². The van der Waals surface area contributed by atoms with Crippen LogP contribution in [0.15, 0.2) is 24.3 Å². The summed E-state index contributed by atoms with van der Waals surface area (Å²) in [6.45, 7) is 2.10. The van der Waals surface area contributed by atoms with E-state index in [2.05, 4.69) is 10.1 Å². The topological polar surface area (TPSA) is 102 Å². The molecule has 0 heterocycles. The lowest BCUT2D eigenvalue weighted by molar-refractivity contribution is -0.140. The number of amides is 4. The van der Waals surface area contributed by atoms with Crippen molar-refractivity contribution in [3.63, 3.8) is 0 Å². The Balaban J connectivity index is 2.54. The van der Waals surface area contributed by atoms with Crippen molar-refractivity contribution in [1.82, 2.24) is 10.2 Å². The zero-order valence-electron chi connectivity index (χ0n) is 12.1. The molecular weight excluding hydrogens is 274 g/mol. The molecule has 0 unspecified atom stereocenters. The molecule has 21 heavy (non-hydrogen) atoms. The number of esters is 1. The Morgan fingerprint density at radius 1 is 1.24 bits per heavy atom. The van der Waals surface area contributed by atoms with Crippen LogP contribution in [-0.4, -0.2) is 36.6 Å². The van der Waals surface area contributed by atoms with Crippen molar-refractivity contribution in [2.24, 2.45) is 5.73 Å². The van der Waals surface area contributed by atoms with Crippen LogP contribution in [0.2, 0.25) is 0 Å². The number of methoxy groups -OCH3 is 1. The molecule has 0 bridgehead atoms. The van der Waals surface area contributed by atoms with E-state index in [4.69, 9.17) is 5.73 Å². The minimum atomic E-state index is -0.916. The third-order valence-electron chi connectivity index (χ3n) is 2.84. The number of benzene rings is 1. The lowest BCUT2D eigenvalue weighted by Crippen LogP contribution is -2.47. The molecule has 4 amide bonds. The Labute approximate surface area is 123 Å². The van der Waals surface area contributed by atoms with Crippen LogP contribution in [0, 0.1) is 6.92 Å². The van der Waals surface area contributed by atoms with Crippen molar-refractivity contribution < 1.29 is 19.1 Å². The lowest BCUT2D eigenvalue weighted by Gasteiger charge is -2.18. The summed E-state index contributed by atoms with van der Waals surface area (Å²) in [6, 6.07) is 6.03. The van der Waals surface area contributed by atoms with Crippen molar-refractivity contribution in [1.29, 1.82) is 0 Å². The number of hydrogen-bond acceptors (Lipinski definition) is 4. The Hall–Kier alpha value is -2.57. The molecule has 0 aliphatic carbocycles. The first-order valence-electron chi connectivity index (χ1n) is 6.41. The SMILES string of the molecule is COC(=O)CCN(C(N)=O)C(=O)NCc1ccc(C)cc1. The van der Waals surface area contributed by atoms with E-state index in [1.807, 2.05) is 31.2 Å². The molecule has 114 valence electrons. The molecule has 0 aliphatic heterocycles. The number of nitrogens with two attached hydrogens (primary N) is 1. The van der Waals surface area contributed by atoms with Gasteiger partial charge in [-0.25, -0.2) is 14.5 Å². The Morgan fingerprint density at radius 3 is 2.38 bits per heavy atom. The zero-order valence-corrected chi connectivity index (χ0v) is 12.1. The molecule has 1 aromatic rings. The Bertz CT molecular complexity index is 513. The highest BCUT2D eigenvalue weighted by Crippen LogP contribution is 2.03. The van der Waals surface area contributed by atoms with E-state index in [0.29, 0.717) is 0 Å². The summed E-state index contributed by atoms with van der Waals surface area (Å²) in [7, 11) is 1.23. The van der Waals surface area contributed by atoms with E-state index in [0.717, 1.165) is 16.0 Å².